The van der Waals surface area contributed by atoms with E-state index in [0.717, 1.165) is 17.9 Å². The van der Waals surface area contributed by atoms with Crippen LogP contribution in [0.25, 0.3) is 0 Å². The van der Waals surface area contributed by atoms with Gasteiger partial charge in [0.05, 0.1) is 29.8 Å². The van der Waals surface area contributed by atoms with Crippen molar-refractivity contribution in [3.05, 3.63) is 40.8 Å². The molecule has 1 unspecified atom stereocenters. The number of hydrogen-bond donors (Lipinski definition) is 2. The first kappa shape index (κ1) is 13.9. The molecule has 2 N–H and O–H groups in total. The summed E-state index contributed by atoms with van der Waals surface area (Å²) in [5.74, 6) is 0.529. The van der Waals surface area contributed by atoms with Gasteiger partial charge >= 0.3 is 0 Å². The van der Waals surface area contributed by atoms with E-state index in [9.17, 15) is 0 Å². The van der Waals surface area contributed by atoms with Crippen molar-refractivity contribution in [3.63, 3.8) is 0 Å². The van der Waals surface area contributed by atoms with Gasteiger partial charge in [0.25, 0.3) is 0 Å². The minimum absolute atomic E-state index is 0.332. The lowest BCUT2D eigenvalue weighted by atomic mass is 10.0. The van der Waals surface area contributed by atoms with Gasteiger partial charge in [0, 0.05) is 11.4 Å². The second-order valence-corrected chi connectivity index (χ2v) is 5.85. The lowest BCUT2D eigenvalue weighted by molar-refractivity contribution is 0.553. The highest BCUT2D eigenvalue weighted by atomic mass is 32.1. The Morgan fingerprint density at radius 2 is 2.05 bits per heavy atom. The van der Waals surface area contributed by atoms with Crippen molar-refractivity contribution >= 4 is 22.7 Å². The molecule has 19 heavy (non-hydrogen) atoms. The van der Waals surface area contributed by atoms with Crippen molar-refractivity contribution < 1.29 is 0 Å². The van der Waals surface area contributed by atoms with Crippen LogP contribution in [-0.4, -0.2) is 11.5 Å². The molecule has 2 aromatic heterocycles. The molecule has 0 aliphatic rings. The quantitative estimate of drug-likeness (QED) is 0.821. The Balaban J connectivity index is 2.15. The molecule has 0 bridgehead atoms. The fourth-order valence-electron chi connectivity index (χ4n) is 2.03. The predicted octanol–water partition coefficient (Wildman–Crippen LogP) is 4.38. The molecular weight excluding hydrogens is 254 g/mol. The SMILES string of the molecule is CCNc1cncc(NC(c2cccs2)C(C)C)c1. The summed E-state index contributed by atoms with van der Waals surface area (Å²) in [7, 11) is 0. The number of anilines is 2. The summed E-state index contributed by atoms with van der Waals surface area (Å²) in [4.78, 5) is 5.64. The summed E-state index contributed by atoms with van der Waals surface area (Å²) in [5.41, 5.74) is 2.12. The maximum Gasteiger partial charge on any atom is 0.0629 e. The maximum atomic E-state index is 4.28. The van der Waals surface area contributed by atoms with Crippen molar-refractivity contribution in [2.75, 3.05) is 17.2 Å². The van der Waals surface area contributed by atoms with Crippen LogP contribution in [0, 0.1) is 5.92 Å². The van der Waals surface area contributed by atoms with Gasteiger partial charge in [-0.05, 0) is 30.4 Å². The molecule has 0 saturated carbocycles. The zero-order valence-electron chi connectivity index (χ0n) is 11.7. The van der Waals surface area contributed by atoms with Gasteiger partial charge in [-0.3, -0.25) is 4.98 Å². The fourth-order valence-corrected chi connectivity index (χ4v) is 2.98. The van der Waals surface area contributed by atoms with E-state index in [2.05, 4.69) is 60.0 Å². The number of aromatic nitrogens is 1. The number of nitrogens with one attached hydrogen (secondary N) is 2. The van der Waals surface area contributed by atoms with E-state index in [-0.39, 0.29) is 0 Å². The van der Waals surface area contributed by atoms with Crippen LogP contribution in [0.15, 0.2) is 36.0 Å². The van der Waals surface area contributed by atoms with E-state index >= 15 is 0 Å². The minimum Gasteiger partial charge on any atom is -0.384 e. The zero-order chi connectivity index (χ0) is 13.7. The van der Waals surface area contributed by atoms with Crippen molar-refractivity contribution in [2.45, 2.75) is 26.8 Å². The monoisotopic (exact) mass is 275 g/mol. The first-order valence-corrected chi connectivity index (χ1v) is 7.57. The third-order valence-electron chi connectivity index (χ3n) is 2.96. The van der Waals surface area contributed by atoms with Crippen LogP contribution in [0.5, 0.6) is 0 Å². The highest BCUT2D eigenvalue weighted by Gasteiger charge is 2.16. The van der Waals surface area contributed by atoms with Gasteiger partial charge in [0.1, 0.15) is 0 Å². The third-order valence-corrected chi connectivity index (χ3v) is 3.91. The van der Waals surface area contributed by atoms with Crippen LogP contribution in [0.4, 0.5) is 11.4 Å². The number of pyridine rings is 1. The van der Waals surface area contributed by atoms with Crippen LogP contribution in [-0.2, 0) is 0 Å². The molecule has 2 heterocycles. The predicted molar refractivity (Wildman–Crippen MR) is 83.9 cm³/mol. The molecule has 1 atom stereocenters. The van der Waals surface area contributed by atoms with Crippen molar-refractivity contribution in [3.8, 4) is 0 Å². The molecule has 0 aromatic carbocycles. The Morgan fingerprint density at radius 1 is 1.26 bits per heavy atom. The molecular formula is C15H21N3S. The van der Waals surface area contributed by atoms with Gasteiger partial charge in [-0.1, -0.05) is 19.9 Å². The molecule has 0 saturated heterocycles. The molecule has 0 amide bonds. The Hall–Kier alpha value is -1.55. The summed E-state index contributed by atoms with van der Waals surface area (Å²) >= 11 is 1.79. The molecule has 0 radical (unpaired) electrons. The second-order valence-electron chi connectivity index (χ2n) is 4.87. The third kappa shape index (κ3) is 3.70. The van der Waals surface area contributed by atoms with Gasteiger partial charge in [-0.15, -0.1) is 11.3 Å². The number of nitrogens with zero attached hydrogens (tertiary/aromatic N) is 1. The molecule has 102 valence electrons. The van der Waals surface area contributed by atoms with Crippen LogP contribution >= 0.6 is 11.3 Å². The Morgan fingerprint density at radius 3 is 2.68 bits per heavy atom. The van der Waals surface area contributed by atoms with E-state index < -0.39 is 0 Å². The standard InChI is InChI=1S/C15H21N3S/c1-4-17-12-8-13(10-16-9-12)18-15(11(2)3)14-6-5-7-19-14/h5-11,15,17-18H,4H2,1-3H3. The van der Waals surface area contributed by atoms with Crippen molar-refractivity contribution in [1.82, 2.24) is 4.98 Å². The first-order valence-electron chi connectivity index (χ1n) is 6.69. The van der Waals surface area contributed by atoms with E-state index in [1.54, 1.807) is 11.3 Å². The molecule has 0 spiro atoms. The topological polar surface area (TPSA) is 37.0 Å². The highest BCUT2D eigenvalue weighted by Crippen LogP contribution is 2.30. The minimum atomic E-state index is 0.332. The summed E-state index contributed by atoms with van der Waals surface area (Å²) in [6.45, 7) is 7.46. The van der Waals surface area contributed by atoms with Crippen LogP contribution in [0.3, 0.4) is 0 Å². The summed E-state index contributed by atoms with van der Waals surface area (Å²) in [5, 5.41) is 9.00. The van der Waals surface area contributed by atoms with Crippen LogP contribution in [0.1, 0.15) is 31.7 Å². The second kappa shape index (κ2) is 6.57. The van der Waals surface area contributed by atoms with Crippen molar-refractivity contribution in [2.24, 2.45) is 5.92 Å². The lowest BCUT2D eigenvalue weighted by Gasteiger charge is -2.22. The van der Waals surface area contributed by atoms with Gasteiger partial charge in [-0.2, -0.15) is 0 Å². The Bertz CT molecular complexity index is 494. The van der Waals surface area contributed by atoms with Crippen molar-refractivity contribution in [1.29, 1.82) is 0 Å². The molecule has 0 aliphatic carbocycles. The number of hydrogen-bond acceptors (Lipinski definition) is 4. The van der Waals surface area contributed by atoms with Gasteiger partial charge in [0.15, 0.2) is 0 Å². The molecule has 3 nitrogen and oxygen atoms in total. The lowest BCUT2D eigenvalue weighted by Crippen LogP contribution is -2.15. The Kier molecular flexibility index (Phi) is 4.80. The zero-order valence-corrected chi connectivity index (χ0v) is 12.5. The molecule has 0 fully saturated rings. The average molecular weight is 275 g/mol. The summed E-state index contributed by atoms with van der Waals surface area (Å²) in [6, 6.07) is 6.73. The number of thiophene rings is 1. The first-order chi connectivity index (χ1) is 9.20. The van der Waals surface area contributed by atoms with E-state index in [0.29, 0.717) is 12.0 Å². The average Bonchev–Trinajstić information content (AvgIpc) is 2.90. The van der Waals surface area contributed by atoms with Crippen LogP contribution in [0.2, 0.25) is 0 Å². The molecule has 2 rings (SSSR count). The normalized spacial score (nSPS) is 12.4. The fraction of sp³-hybridized carbons (Fsp3) is 0.400. The highest BCUT2D eigenvalue weighted by molar-refractivity contribution is 7.10. The van der Waals surface area contributed by atoms with E-state index in [1.807, 2.05) is 12.4 Å². The molecule has 2 aromatic rings. The van der Waals surface area contributed by atoms with E-state index in [4.69, 9.17) is 0 Å². The summed E-state index contributed by atoms with van der Waals surface area (Å²) in [6.07, 6.45) is 3.73. The summed E-state index contributed by atoms with van der Waals surface area (Å²) < 4.78 is 0. The molecule has 4 heteroatoms. The van der Waals surface area contributed by atoms with Gasteiger partial charge < -0.3 is 10.6 Å². The maximum absolute atomic E-state index is 4.28. The van der Waals surface area contributed by atoms with Crippen LogP contribution < -0.4 is 10.6 Å². The smallest absolute Gasteiger partial charge is 0.0629 e. The largest absolute Gasteiger partial charge is 0.384 e. The van der Waals surface area contributed by atoms with Gasteiger partial charge in [0.2, 0.25) is 0 Å². The Labute approximate surface area is 119 Å². The van der Waals surface area contributed by atoms with E-state index in [1.165, 1.54) is 4.88 Å². The molecule has 0 aliphatic heterocycles. The number of rotatable bonds is 6. The van der Waals surface area contributed by atoms with Gasteiger partial charge in [-0.25, -0.2) is 0 Å².